The Kier molecular flexibility index (Phi) is 49.4. The standard InChI is InChI=1S/C37H31FN2.2C37H32N2.6C2H6N.3Hf/c1-4-25-13-10-14-26(5-2)36(25)39-37(35-19-11-18-34(40(35)3)27-20-22-29(38)23-21-27)33-24-28-12-6-7-15-30(28)31-16-8-9-17-32(31)33;1-4-26-19-13-20-27(5-2)36(26)38-37(34-24-14-23-33(39(34)3)28-15-7-6-8-16-28)35-31-21-11-9-17-29(31)25-30-18-10-12-22-32(30)35;1-4-26-18-13-19-27(5-2)36(26)38-37(35-24-14-23-34(39(35)3)28-15-7-6-8-16-28)33-25-29-17-9-10-20-30(29)31-21-11-12-22-32(31)33;6*1-3-2;;;/h6-20,22-24,37H,3-5H2,1-2H3;2*6-15,17-25,37H,3-5H2,1-2H3;6*1-2H3;;;/q3*-2;6*-1;3*+4. The molecule has 15 aromatic rings. The fraction of sp³-hybridized carbons (Fsp3) is 0.220. The zero-order chi connectivity index (χ0) is 97.4. The monoisotopic (exact) mass is 2330 g/mol. The van der Waals surface area contributed by atoms with Gasteiger partial charge in [0.15, 0.2) is 0 Å². The van der Waals surface area contributed by atoms with E-state index in [9.17, 15) is 4.39 Å². The Hall–Kier alpha value is -11.4. The minimum Gasteiger partial charge on any atom is -0.677 e. The molecule has 0 aliphatic carbocycles. The van der Waals surface area contributed by atoms with Crippen LogP contribution in [0.15, 0.2) is 340 Å². The van der Waals surface area contributed by atoms with E-state index in [4.69, 9.17) is 16.0 Å². The first-order valence-corrected chi connectivity index (χ1v) is 46.7. The molecule has 0 radical (unpaired) electrons. The van der Waals surface area contributed by atoms with E-state index in [-0.39, 0.29) is 101 Å². The zero-order valence-corrected chi connectivity index (χ0v) is 95.0. The van der Waals surface area contributed by atoms with Crippen LogP contribution in [0.3, 0.4) is 0 Å². The van der Waals surface area contributed by atoms with Gasteiger partial charge in [0.2, 0.25) is 0 Å². The van der Waals surface area contributed by atoms with Crippen molar-refractivity contribution in [1.82, 2.24) is 0 Å². The first-order chi connectivity index (χ1) is 66.4. The summed E-state index contributed by atoms with van der Waals surface area (Å²) in [5.41, 5.74) is 20.0. The summed E-state index contributed by atoms with van der Waals surface area (Å²) < 4.78 is 19.8. The number of allylic oxidation sites excluding steroid dienone is 6. The summed E-state index contributed by atoms with van der Waals surface area (Å²) in [5.74, 6) is -0.311. The van der Waals surface area contributed by atoms with Crippen LogP contribution in [-0.2, 0) is 116 Å². The summed E-state index contributed by atoms with van der Waals surface area (Å²) in [6.07, 6.45) is 24.4. The maximum absolute atomic E-state index is 13.7. The zero-order valence-electron chi connectivity index (χ0n) is 84.2. The molecule has 0 bridgehead atoms. The van der Waals surface area contributed by atoms with Crippen molar-refractivity contribution >= 4 is 119 Å². The fourth-order valence-electron chi connectivity index (χ4n) is 17.1. The predicted molar refractivity (Wildman–Crippen MR) is 587 cm³/mol. The molecule has 0 spiro atoms. The molecule has 3 aliphatic heterocycles. The average Bonchev–Trinajstić information content (AvgIpc) is 0.751. The number of benzene rings is 15. The average molecular weight is 2330 g/mol. The van der Waals surface area contributed by atoms with Gasteiger partial charge in [0, 0.05) is 5.82 Å². The molecule has 0 aromatic heterocycles. The molecule has 15 aromatic carbocycles. The van der Waals surface area contributed by atoms with Crippen molar-refractivity contribution in [3.63, 3.8) is 0 Å². The van der Waals surface area contributed by atoms with E-state index in [0.29, 0.717) is 0 Å². The van der Waals surface area contributed by atoms with E-state index in [1.165, 1.54) is 121 Å². The summed E-state index contributed by atoms with van der Waals surface area (Å²) in [6, 6.07) is 111. The Morgan fingerprint density at radius 3 is 0.835 bits per heavy atom. The number of halogens is 1. The minimum atomic E-state index is -0.328. The van der Waals surface area contributed by atoms with Crippen molar-refractivity contribution in [3.8, 4) is 0 Å². The molecular formula is C123H131FHf3N12. The van der Waals surface area contributed by atoms with Crippen molar-refractivity contribution in [2.24, 2.45) is 0 Å². The van der Waals surface area contributed by atoms with Gasteiger partial charge >= 0.3 is 77.5 Å². The van der Waals surface area contributed by atoms with Crippen molar-refractivity contribution in [2.75, 3.05) is 84.6 Å². The van der Waals surface area contributed by atoms with Crippen LogP contribution in [0.5, 0.6) is 0 Å². The molecule has 0 N–H and O–H groups in total. The van der Waals surface area contributed by atoms with Gasteiger partial charge < -0.3 is 47.9 Å². The van der Waals surface area contributed by atoms with Crippen molar-refractivity contribution in [1.29, 1.82) is 0 Å². The van der Waals surface area contributed by atoms with Crippen LogP contribution >= 0.6 is 0 Å². The molecule has 0 saturated carbocycles. The fourth-order valence-corrected chi connectivity index (χ4v) is 17.1. The number of rotatable bonds is 21. The number of hydrogen-bond donors (Lipinski definition) is 0. The van der Waals surface area contributed by atoms with Crippen LogP contribution in [0.4, 0.5) is 21.5 Å². The van der Waals surface area contributed by atoms with E-state index in [2.05, 4.69) is 389 Å². The van der Waals surface area contributed by atoms with E-state index < -0.39 is 0 Å². The Morgan fingerprint density at radius 2 is 0.547 bits per heavy atom. The van der Waals surface area contributed by atoms with Gasteiger partial charge in [0.1, 0.15) is 17.1 Å². The van der Waals surface area contributed by atoms with Crippen LogP contribution in [0.1, 0.15) is 126 Å². The van der Waals surface area contributed by atoms with Gasteiger partial charge in [-0.2, -0.15) is 84.6 Å². The smallest absolute Gasteiger partial charge is 0.677 e. The van der Waals surface area contributed by atoms with Gasteiger partial charge in [0.25, 0.3) is 0 Å². The van der Waals surface area contributed by atoms with Crippen molar-refractivity contribution < 1.29 is 95.6 Å². The van der Waals surface area contributed by atoms with Crippen molar-refractivity contribution in [3.05, 3.63) is 497 Å². The van der Waals surface area contributed by atoms with Gasteiger partial charge in [-0.15, -0.1) is 120 Å². The summed E-state index contributed by atoms with van der Waals surface area (Å²) >= 11 is 0. The van der Waals surface area contributed by atoms with Crippen LogP contribution in [-0.4, -0.2) is 118 Å². The Labute approximate surface area is 885 Å². The van der Waals surface area contributed by atoms with Gasteiger partial charge in [-0.1, -0.05) is 352 Å². The normalized spacial score (nSPS) is 12.7. The molecule has 16 heteroatoms. The third-order valence-electron chi connectivity index (χ3n) is 23.2. The van der Waals surface area contributed by atoms with Gasteiger partial charge in [-0.05, 0) is 133 Å². The second-order valence-corrected chi connectivity index (χ2v) is 32.6. The topological polar surface area (TPSA) is 136 Å². The Bertz CT molecular complexity index is 6490. The molecule has 3 unspecified atom stereocenters. The Balaban J connectivity index is 0.000000258. The third kappa shape index (κ3) is 29.0. The number of hydrogen-bond acceptors (Lipinski definition) is 0. The van der Waals surface area contributed by atoms with Gasteiger partial charge in [0.05, 0.1) is 38.3 Å². The maximum Gasteiger partial charge on any atom is 4.00 e. The summed E-state index contributed by atoms with van der Waals surface area (Å²) in [6.45, 7) is 26.8. The SMILES string of the molecule is C=[N+]1C(c2[c-]cc(F)cc2)=CC=C[C-]1C([N-]c1c(CC)cccc1CC)c1cc2ccccc2c2ccccc12.C=[N+]1C(c2[c-]cccc2)=CC=C[C-]1C([N-]c1c(CC)cccc1CC)c1c2ccccc2cc2ccccc12.C=[N+]1C(c2[c-]cccc2)=CC=C[C-]1C([N-]c1c(CC)cccc1CC)c1cc2ccccc2c2ccccc12.C[N-]C.C[N-]C.C[N-]C.C[N-]C.C[N-]C.C[N-]C.[Hf+4].[Hf+4].[Hf+4]. The van der Waals surface area contributed by atoms with E-state index in [0.717, 1.165) is 113 Å². The summed E-state index contributed by atoms with van der Waals surface area (Å²) in [4.78, 5) is 0. The number of fused-ring (bicyclic) bond motifs is 8. The number of nitrogens with zero attached hydrogens (tertiary/aromatic N) is 12. The molecule has 702 valence electrons. The largest absolute Gasteiger partial charge is 4.00 e. The van der Waals surface area contributed by atoms with Crippen LogP contribution in [0, 0.1) is 42.1 Å². The Morgan fingerprint density at radius 1 is 0.288 bits per heavy atom. The quantitative estimate of drug-likeness (QED) is 0.0223. The van der Waals surface area contributed by atoms with Gasteiger partial charge in [-0.25, -0.2) is 0 Å². The first kappa shape index (κ1) is 115. The molecule has 12 nitrogen and oxygen atoms in total. The molecule has 3 aliphatic rings. The molecule has 139 heavy (non-hydrogen) atoms. The molecule has 18 rings (SSSR count). The molecule has 0 fully saturated rings. The molecule has 0 saturated heterocycles. The van der Waals surface area contributed by atoms with Crippen LogP contribution < -0.4 is 0 Å². The van der Waals surface area contributed by atoms with Crippen LogP contribution in [0.25, 0.3) is 130 Å². The van der Waals surface area contributed by atoms with Crippen molar-refractivity contribution in [2.45, 2.75) is 98.2 Å². The second-order valence-electron chi connectivity index (χ2n) is 32.6. The number of para-hydroxylation sites is 3. The molecular weight excluding hydrogens is 2200 g/mol. The van der Waals surface area contributed by atoms with E-state index in [1.54, 1.807) is 90.6 Å². The van der Waals surface area contributed by atoms with Crippen LogP contribution in [0.2, 0.25) is 0 Å². The maximum atomic E-state index is 13.7. The summed E-state index contributed by atoms with van der Waals surface area (Å²) in [5, 5.41) is 52.4. The third-order valence-corrected chi connectivity index (χ3v) is 23.2. The van der Waals surface area contributed by atoms with E-state index in [1.807, 2.05) is 57.7 Å². The molecule has 0 amide bonds. The second kappa shape index (κ2) is 59.9. The minimum absolute atomic E-state index is 0. The summed E-state index contributed by atoms with van der Waals surface area (Å²) in [7, 11) is 21.0. The van der Waals surface area contributed by atoms with E-state index >= 15 is 0 Å². The van der Waals surface area contributed by atoms with Gasteiger partial charge in [-0.3, -0.25) is 18.1 Å². The predicted octanol–water partition coefficient (Wildman–Crippen LogP) is 32.4. The first-order valence-electron chi connectivity index (χ1n) is 46.7. The molecule has 3 heterocycles. The number of aryl methyl sites for hydroxylation is 6. The molecule has 3 atom stereocenters.